The molecular formula is C16H22ClNO3S. The van der Waals surface area contributed by atoms with Crippen molar-refractivity contribution in [3.05, 3.63) is 34.9 Å². The zero-order chi connectivity index (χ0) is 16.3. The first-order valence-corrected chi connectivity index (χ1v) is 9.72. The van der Waals surface area contributed by atoms with Gasteiger partial charge in [-0.1, -0.05) is 30.7 Å². The predicted molar refractivity (Wildman–Crippen MR) is 88.6 cm³/mol. The SMILES string of the molecule is CCCS(=O)(=O)[C@H](C)C(=O)N[C@@H](c1ccc(Cl)cc1)C1CC1. The highest BCUT2D eigenvalue weighted by molar-refractivity contribution is 7.92. The molecule has 1 amide bonds. The zero-order valence-electron chi connectivity index (χ0n) is 12.9. The maximum Gasteiger partial charge on any atom is 0.238 e. The zero-order valence-corrected chi connectivity index (χ0v) is 14.5. The molecule has 1 aliphatic carbocycles. The van der Waals surface area contributed by atoms with Crippen LogP contribution in [0.2, 0.25) is 5.02 Å². The third-order valence-corrected chi connectivity index (χ3v) is 6.54. The van der Waals surface area contributed by atoms with Crippen molar-refractivity contribution in [2.45, 2.75) is 44.4 Å². The van der Waals surface area contributed by atoms with Gasteiger partial charge in [0.15, 0.2) is 9.84 Å². The summed E-state index contributed by atoms with van der Waals surface area (Å²) in [5, 5.41) is 2.55. The first-order valence-electron chi connectivity index (χ1n) is 7.62. The van der Waals surface area contributed by atoms with Gasteiger partial charge < -0.3 is 5.32 Å². The number of hydrogen-bond donors (Lipinski definition) is 1. The number of rotatable bonds is 7. The average Bonchev–Trinajstić information content (AvgIpc) is 3.29. The molecule has 0 unspecified atom stereocenters. The normalized spacial score (nSPS) is 17.8. The maximum atomic E-state index is 12.3. The molecule has 0 spiro atoms. The van der Waals surface area contributed by atoms with Gasteiger partial charge in [-0.15, -0.1) is 0 Å². The van der Waals surface area contributed by atoms with Gasteiger partial charge in [0.05, 0.1) is 11.8 Å². The van der Waals surface area contributed by atoms with Crippen LogP contribution in [-0.2, 0) is 14.6 Å². The molecule has 0 aliphatic heterocycles. The van der Waals surface area contributed by atoms with E-state index in [1.807, 2.05) is 12.1 Å². The molecule has 0 radical (unpaired) electrons. The molecule has 1 aromatic rings. The van der Waals surface area contributed by atoms with Crippen LogP contribution in [-0.4, -0.2) is 25.3 Å². The Bertz CT molecular complexity index is 623. The lowest BCUT2D eigenvalue weighted by atomic mass is 10.0. The van der Waals surface area contributed by atoms with E-state index >= 15 is 0 Å². The van der Waals surface area contributed by atoms with Crippen LogP contribution in [0.3, 0.4) is 0 Å². The molecule has 0 aromatic heterocycles. The van der Waals surface area contributed by atoms with E-state index in [0.717, 1.165) is 18.4 Å². The van der Waals surface area contributed by atoms with Crippen molar-refractivity contribution in [2.75, 3.05) is 5.75 Å². The molecule has 1 N–H and O–H groups in total. The number of carbonyl (C=O) groups is 1. The maximum absolute atomic E-state index is 12.3. The van der Waals surface area contributed by atoms with E-state index in [9.17, 15) is 13.2 Å². The van der Waals surface area contributed by atoms with E-state index in [0.29, 0.717) is 17.4 Å². The van der Waals surface area contributed by atoms with Crippen LogP contribution in [0, 0.1) is 5.92 Å². The van der Waals surface area contributed by atoms with Crippen LogP contribution in [0.15, 0.2) is 24.3 Å². The number of carbonyl (C=O) groups excluding carboxylic acids is 1. The van der Waals surface area contributed by atoms with E-state index in [1.54, 1.807) is 19.1 Å². The summed E-state index contributed by atoms with van der Waals surface area (Å²) >= 11 is 5.90. The quantitative estimate of drug-likeness (QED) is 0.827. The van der Waals surface area contributed by atoms with Crippen molar-refractivity contribution < 1.29 is 13.2 Å². The minimum atomic E-state index is -3.38. The molecule has 1 fully saturated rings. The van der Waals surface area contributed by atoms with Crippen molar-refractivity contribution >= 4 is 27.3 Å². The van der Waals surface area contributed by atoms with Crippen molar-refractivity contribution in [3.8, 4) is 0 Å². The Hall–Kier alpha value is -1.07. The molecule has 122 valence electrons. The van der Waals surface area contributed by atoms with Gasteiger partial charge >= 0.3 is 0 Å². The van der Waals surface area contributed by atoms with E-state index in [1.165, 1.54) is 6.92 Å². The Kier molecular flexibility index (Phi) is 5.50. The number of sulfone groups is 1. The Balaban J connectivity index is 2.11. The monoisotopic (exact) mass is 343 g/mol. The summed E-state index contributed by atoms with van der Waals surface area (Å²) in [7, 11) is -3.38. The summed E-state index contributed by atoms with van der Waals surface area (Å²) in [6.07, 6.45) is 2.61. The number of hydrogen-bond acceptors (Lipinski definition) is 3. The lowest BCUT2D eigenvalue weighted by Crippen LogP contribution is -2.41. The summed E-state index contributed by atoms with van der Waals surface area (Å²) < 4.78 is 24.1. The van der Waals surface area contributed by atoms with Gasteiger partial charge in [0, 0.05) is 5.02 Å². The molecule has 1 saturated carbocycles. The highest BCUT2D eigenvalue weighted by atomic mass is 35.5. The van der Waals surface area contributed by atoms with E-state index in [2.05, 4.69) is 5.32 Å². The minimum absolute atomic E-state index is 0.0383. The summed E-state index contributed by atoms with van der Waals surface area (Å²) in [6, 6.07) is 7.21. The van der Waals surface area contributed by atoms with Gasteiger partial charge in [0.1, 0.15) is 5.25 Å². The van der Waals surface area contributed by atoms with E-state index in [-0.39, 0.29) is 11.8 Å². The summed E-state index contributed by atoms with van der Waals surface area (Å²) in [6.45, 7) is 3.26. The predicted octanol–water partition coefficient (Wildman–Crippen LogP) is 3.12. The first-order chi connectivity index (χ1) is 10.3. The van der Waals surface area contributed by atoms with Crippen molar-refractivity contribution in [1.82, 2.24) is 5.32 Å². The highest BCUT2D eigenvalue weighted by Gasteiger charge is 2.36. The van der Waals surface area contributed by atoms with E-state index < -0.39 is 21.0 Å². The van der Waals surface area contributed by atoms with E-state index in [4.69, 9.17) is 11.6 Å². The molecule has 6 heteroatoms. The van der Waals surface area contributed by atoms with Crippen molar-refractivity contribution in [1.29, 1.82) is 0 Å². The number of nitrogens with one attached hydrogen (secondary N) is 1. The Labute approximate surface area is 137 Å². The average molecular weight is 344 g/mol. The largest absolute Gasteiger partial charge is 0.348 e. The highest BCUT2D eigenvalue weighted by Crippen LogP contribution is 2.41. The van der Waals surface area contributed by atoms with Gasteiger partial charge in [-0.25, -0.2) is 8.42 Å². The molecule has 0 saturated heterocycles. The second-order valence-electron chi connectivity index (χ2n) is 5.88. The van der Waals surface area contributed by atoms with Crippen LogP contribution in [0.4, 0.5) is 0 Å². The van der Waals surface area contributed by atoms with Gasteiger partial charge in [-0.3, -0.25) is 4.79 Å². The van der Waals surface area contributed by atoms with Crippen LogP contribution in [0.25, 0.3) is 0 Å². The minimum Gasteiger partial charge on any atom is -0.348 e. The Morgan fingerprint density at radius 3 is 2.41 bits per heavy atom. The molecule has 1 aromatic carbocycles. The lowest BCUT2D eigenvalue weighted by Gasteiger charge is -2.21. The van der Waals surface area contributed by atoms with Crippen LogP contribution in [0.1, 0.15) is 44.7 Å². The molecule has 0 heterocycles. The van der Waals surface area contributed by atoms with Crippen molar-refractivity contribution in [3.63, 3.8) is 0 Å². The van der Waals surface area contributed by atoms with Gasteiger partial charge in [0.25, 0.3) is 0 Å². The Morgan fingerprint density at radius 1 is 1.32 bits per heavy atom. The second-order valence-corrected chi connectivity index (χ2v) is 8.76. The molecule has 0 bridgehead atoms. The first kappa shape index (κ1) is 17.3. The topological polar surface area (TPSA) is 63.2 Å². The molecule has 2 atom stereocenters. The van der Waals surface area contributed by atoms with Gasteiger partial charge in [-0.2, -0.15) is 0 Å². The summed E-state index contributed by atoms with van der Waals surface area (Å²) in [5.41, 5.74) is 0.973. The lowest BCUT2D eigenvalue weighted by molar-refractivity contribution is -0.121. The number of amides is 1. The second kappa shape index (κ2) is 7.01. The summed E-state index contributed by atoms with van der Waals surface area (Å²) in [4.78, 5) is 12.3. The third-order valence-electron chi connectivity index (χ3n) is 4.02. The van der Waals surface area contributed by atoms with Crippen molar-refractivity contribution in [2.24, 2.45) is 5.92 Å². The standard InChI is InChI=1S/C16H22ClNO3S/c1-3-10-22(20,21)11(2)16(19)18-15(12-4-5-12)13-6-8-14(17)9-7-13/h6-9,11-12,15H,3-5,10H2,1-2H3,(H,18,19)/t11-,15-/m1/s1. The van der Waals surface area contributed by atoms with Crippen LogP contribution < -0.4 is 5.32 Å². The number of halogens is 1. The Morgan fingerprint density at radius 2 is 1.91 bits per heavy atom. The molecule has 1 aliphatic rings. The fourth-order valence-electron chi connectivity index (χ4n) is 2.47. The molecule has 4 nitrogen and oxygen atoms in total. The molecule has 22 heavy (non-hydrogen) atoms. The van der Waals surface area contributed by atoms with Crippen LogP contribution >= 0.6 is 11.6 Å². The molecular weight excluding hydrogens is 322 g/mol. The smallest absolute Gasteiger partial charge is 0.238 e. The molecule has 2 rings (SSSR count). The third kappa shape index (κ3) is 4.23. The van der Waals surface area contributed by atoms with Gasteiger partial charge in [0.2, 0.25) is 5.91 Å². The van der Waals surface area contributed by atoms with Gasteiger partial charge in [-0.05, 0) is 49.8 Å². The van der Waals surface area contributed by atoms with Crippen LogP contribution in [0.5, 0.6) is 0 Å². The fraction of sp³-hybridized carbons (Fsp3) is 0.562. The fourth-order valence-corrected chi connectivity index (χ4v) is 3.91. The summed E-state index contributed by atoms with van der Waals surface area (Å²) in [5.74, 6) is 0.00268. The number of benzene rings is 1.